The van der Waals surface area contributed by atoms with Gasteiger partial charge in [-0.15, -0.1) is 6.58 Å². The van der Waals surface area contributed by atoms with Crippen LogP contribution in [0.2, 0.25) is 0 Å². The molecular weight excluding hydrogens is 845 g/mol. The van der Waals surface area contributed by atoms with E-state index in [1.54, 1.807) is 30.3 Å². The predicted octanol–water partition coefficient (Wildman–Crippen LogP) is 8.91. The second kappa shape index (κ2) is 21.6. The Morgan fingerprint density at radius 2 is 1.79 bits per heavy atom. The molecule has 0 aromatic heterocycles. The number of nitrogens with zero attached hydrogens (tertiary/aromatic N) is 4. The van der Waals surface area contributed by atoms with Gasteiger partial charge in [0.1, 0.15) is 24.1 Å². The smallest absolute Gasteiger partial charge is 0.254 e. The first-order valence-electron chi connectivity index (χ1n) is 24.4. The molecule has 12 heteroatoms. The summed E-state index contributed by atoms with van der Waals surface area (Å²) in [6.45, 7) is 8.87. The molecule has 1 saturated carbocycles. The van der Waals surface area contributed by atoms with Gasteiger partial charge in [0.05, 0.1) is 36.5 Å². The number of fused-ring (bicyclic) bond motifs is 3. The molecule has 67 heavy (non-hydrogen) atoms. The summed E-state index contributed by atoms with van der Waals surface area (Å²) in [5.41, 5.74) is 4.52. The first kappa shape index (κ1) is 46.6. The first-order valence-corrected chi connectivity index (χ1v) is 24.4. The van der Waals surface area contributed by atoms with Crippen molar-refractivity contribution in [1.29, 1.82) is 5.26 Å². The van der Waals surface area contributed by atoms with E-state index in [0.717, 1.165) is 97.8 Å². The van der Waals surface area contributed by atoms with Crippen LogP contribution in [0.5, 0.6) is 11.5 Å². The molecule has 0 radical (unpaired) electrons. The minimum absolute atomic E-state index is 0.0597. The predicted molar refractivity (Wildman–Crippen MR) is 257 cm³/mol. The van der Waals surface area contributed by atoms with Gasteiger partial charge in [0.15, 0.2) is 0 Å². The average Bonchev–Trinajstić information content (AvgIpc) is 4.20. The minimum Gasteiger partial charge on any atom is -0.492 e. The Bertz CT molecular complexity index is 2450. The van der Waals surface area contributed by atoms with E-state index in [4.69, 9.17) is 28.9 Å². The number of hydrogen-bond donors (Lipinski definition) is 2. The van der Waals surface area contributed by atoms with Crippen LogP contribution < -0.4 is 9.47 Å². The van der Waals surface area contributed by atoms with Crippen molar-refractivity contribution in [1.82, 2.24) is 9.80 Å². The largest absolute Gasteiger partial charge is 0.492 e. The normalized spacial score (nSPS) is 25.8. The lowest BCUT2D eigenvalue weighted by atomic mass is 9.55. The SMILES string of the molecule is C=CCOC12Oc3ccc(OCCN4CC4)cc3C3C(CCCCO)C(CCCCO)C=C(C(=NOC4CCCCO4)CC1N(Cc1cccc4ccccc14)C(=O)c1ccc(C#N)cc1)C32. The zero-order valence-electron chi connectivity index (χ0n) is 38.5. The number of rotatable bonds is 21. The Hall–Kier alpha value is -5.55. The molecule has 3 heterocycles. The van der Waals surface area contributed by atoms with Crippen molar-refractivity contribution in [3.63, 3.8) is 0 Å². The molecule has 5 aliphatic rings. The van der Waals surface area contributed by atoms with Crippen LogP contribution in [0, 0.1) is 29.1 Å². The number of amides is 1. The van der Waals surface area contributed by atoms with Crippen molar-refractivity contribution in [3.8, 4) is 17.6 Å². The van der Waals surface area contributed by atoms with Gasteiger partial charge in [-0.3, -0.25) is 9.69 Å². The van der Waals surface area contributed by atoms with E-state index in [0.29, 0.717) is 48.6 Å². The summed E-state index contributed by atoms with van der Waals surface area (Å²) in [6, 6.07) is 28.7. The number of oxime groups is 1. The number of nitriles is 1. The molecule has 352 valence electrons. The fraction of sp³-hybridized carbons (Fsp3) is 0.473. The van der Waals surface area contributed by atoms with Crippen molar-refractivity contribution >= 4 is 22.4 Å². The Labute approximate surface area is 394 Å². The lowest BCUT2D eigenvalue weighted by molar-refractivity contribution is -0.255. The van der Waals surface area contributed by atoms with Crippen LogP contribution in [-0.2, 0) is 20.9 Å². The quantitative estimate of drug-likeness (QED) is 0.0360. The maximum Gasteiger partial charge on any atom is 0.254 e. The zero-order valence-corrected chi connectivity index (χ0v) is 38.5. The fourth-order valence-corrected chi connectivity index (χ4v) is 11.0. The number of carbonyl (C=O) groups is 1. The number of aliphatic hydroxyl groups excluding tert-OH is 2. The first-order chi connectivity index (χ1) is 32.9. The maximum absolute atomic E-state index is 15.7. The highest BCUT2D eigenvalue weighted by molar-refractivity contribution is 6.03. The maximum atomic E-state index is 15.7. The second-order valence-corrected chi connectivity index (χ2v) is 18.6. The summed E-state index contributed by atoms with van der Waals surface area (Å²) in [7, 11) is 0. The number of unbranched alkanes of at least 4 members (excludes halogenated alkanes) is 2. The third-order valence-electron chi connectivity index (χ3n) is 14.4. The van der Waals surface area contributed by atoms with Crippen molar-refractivity contribution in [3.05, 3.63) is 131 Å². The second-order valence-electron chi connectivity index (χ2n) is 18.6. The molecule has 9 rings (SSSR count). The van der Waals surface area contributed by atoms with Gasteiger partial charge in [-0.05, 0) is 115 Å². The summed E-state index contributed by atoms with van der Waals surface area (Å²) in [5, 5.41) is 37.0. The topological polar surface area (TPSA) is 146 Å². The highest BCUT2D eigenvalue weighted by Crippen LogP contribution is 2.62. The number of hydrogen-bond acceptors (Lipinski definition) is 11. The molecule has 4 aromatic carbocycles. The summed E-state index contributed by atoms with van der Waals surface area (Å²) < 4.78 is 27.4. The molecule has 2 N–H and O–H groups in total. The van der Waals surface area contributed by atoms with E-state index < -0.39 is 24.0 Å². The van der Waals surface area contributed by atoms with E-state index in [9.17, 15) is 15.5 Å². The van der Waals surface area contributed by atoms with Crippen LogP contribution in [-0.4, -0.2) is 102 Å². The standard InChI is InChI=1S/C55H64N4O8/c1-2-30-65-55-50(59(54(62)40-21-19-38(36-56)20-22-40)37-42-15-11-14-39-12-3-4-16-44(39)42)35-48(57-67-51-18-7-10-31-64-51)46-33-41(13-5-8-28-60)45(17-6-9-29-61)52(53(46)55)47-34-43(23-24-49(47)66-55)63-32-27-58-25-26-58/h2-4,11-12,14-16,19-24,33-34,41,45,50-53,60-61H,1,5-10,13,17-18,25-32,35,37H2. The molecule has 7 atom stereocenters. The van der Waals surface area contributed by atoms with Crippen LogP contribution >= 0.6 is 0 Å². The number of ether oxygens (including phenoxy) is 4. The molecule has 7 unspecified atom stereocenters. The third kappa shape index (κ3) is 10.2. The number of carbonyl (C=O) groups excluding carboxylic acids is 1. The Morgan fingerprint density at radius 1 is 0.985 bits per heavy atom. The summed E-state index contributed by atoms with van der Waals surface area (Å²) in [6.07, 6.45) is 11.1. The molecule has 2 aliphatic carbocycles. The van der Waals surface area contributed by atoms with Gasteiger partial charge < -0.3 is 38.9 Å². The van der Waals surface area contributed by atoms with Gasteiger partial charge >= 0.3 is 0 Å². The van der Waals surface area contributed by atoms with Gasteiger partial charge in [-0.2, -0.15) is 5.26 Å². The lowest BCUT2D eigenvalue weighted by Crippen LogP contribution is -2.70. The Balaban J connectivity index is 1.26. The van der Waals surface area contributed by atoms with Crippen molar-refractivity contribution in [2.75, 3.05) is 52.7 Å². The van der Waals surface area contributed by atoms with E-state index in [2.05, 4.69) is 54.0 Å². The Morgan fingerprint density at radius 3 is 2.55 bits per heavy atom. The molecule has 0 bridgehead atoms. The van der Waals surface area contributed by atoms with E-state index >= 15 is 4.79 Å². The van der Waals surface area contributed by atoms with Crippen LogP contribution in [0.3, 0.4) is 0 Å². The molecule has 2 saturated heterocycles. The highest BCUT2D eigenvalue weighted by atomic mass is 16.8. The summed E-state index contributed by atoms with van der Waals surface area (Å²) in [4.78, 5) is 26.3. The van der Waals surface area contributed by atoms with Crippen molar-refractivity contribution in [2.24, 2.45) is 22.9 Å². The fourth-order valence-electron chi connectivity index (χ4n) is 11.0. The zero-order chi connectivity index (χ0) is 46.2. The molecular formula is C55H64N4O8. The van der Waals surface area contributed by atoms with Gasteiger partial charge in [0, 0.05) is 69.3 Å². The van der Waals surface area contributed by atoms with Crippen LogP contribution in [0.1, 0.15) is 97.2 Å². The van der Waals surface area contributed by atoms with E-state index in [1.165, 1.54) is 0 Å². The molecule has 1 amide bonds. The van der Waals surface area contributed by atoms with Crippen molar-refractivity contribution in [2.45, 2.75) is 94.8 Å². The number of allylic oxidation sites excluding steroid dienone is 1. The van der Waals surface area contributed by atoms with Crippen molar-refractivity contribution < 1.29 is 38.8 Å². The molecule has 3 aliphatic heterocycles. The minimum atomic E-state index is -1.46. The van der Waals surface area contributed by atoms with Crippen LogP contribution in [0.15, 0.2) is 114 Å². The van der Waals surface area contributed by atoms with Gasteiger partial charge in [0.25, 0.3) is 5.91 Å². The molecule has 3 fully saturated rings. The summed E-state index contributed by atoms with van der Waals surface area (Å²) in [5.74, 6) is -0.828. The monoisotopic (exact) mass is 908 g/mol. The third-order valence-corrected chi connectivity index (χ3v) is 14.4. The van der Waals surface area contributed by atoms with Gasteiger partial charge in [-0.1, -0.05) is 72.6 Å². The lowest BCUT2D eigenvalue weighted by Gasteiger charge is -2.60. The van der Waals surface area contributed by atoms with Gasteiger partial charge in [-0.25, -0.2) is 0 Å². The highest BCUT2D eigenvalue weighted by Gasteiger charge is 2.65. The summed E-state index contributed by atoms with van der Waals surface area (Å²) >= 11 is 0. The molecule has 4 aromatic rings. The van der Waals surface area contributed by atoms with Crippen LogP contribution in [0.4, 0.5) is 0 Å². The Kier molecular flexibility index (Phi) is 15.0. The molecule has 12 nitrogen and oxygen atoms in total. The average molecular weight is 909 g/mol. The van der Waals surface area contributed by atoms with Gasteiger partial charge in [0.2, 0.25) is 12.1 Å². The van der Waals surface area contributed by atoms with E-state index in [1.807, 2.05) is 35.2 Å². The number of aliphatic hydroxyl groups is 2. The number of benzene rings is 4. The van der Waals surface area contributed by atoms with E-state index in [-0.39, 0.29) is 56.4 Å². The van der Waals surface area contributed by atoms with Crippen LogP contribution in [0.25, 0.3) is 10.8 Å². The molecule has 0 spiro atoms.